The van der Waals surface area contributed by atoms with Crippen molar-refractivity contribution < 1.29 is 17.4 Å². The van der Waals surface area contributed by atoms with Crippen LogP contribution in [0, 0.1) is 0 Å². The van der Waals surface area contributed by atoms with Gasteiger partial charge < -0.3 is 0 Å². The minimum Gasteiger partial charge on any atom is -0.256 e. The van der Waals surface area contributed by atoms with Gasteiger partial charge in [-0.1, -0.05) is 22.9 Å². The maximum Gasteiger partial charge on any atom is 0.435 e. The van der Waals surface area contributed by atoms with Crippen molar-refractivity contribution in [2.75, 3.05) is 0 Å². The van der Waals surface area contributed by atoms with Gasteiger partial charge in [0, 0.05) is 12.6 Å². The van der Waals surface area contributed by atoms with Crippen LogP contribution in [0.5, 0.6) is 0 Å². The zero-order valence-corrected chi connectivity index (χ0v) is 13.7. The summed E-state index contributed by atoms with van der Waals surface area (Å²) in [5.74, 6) is -0.387. The van der Waals surface area contributed by atoms with Crippen molar-refractivity contribution in [1.82, 2.24) is 14.8 Å². The van der Waals surface area contributed by atoms with Crippen LogP contribution in [0.1, 0.15) is 11.3 Å². The van der Waals surface area contributed by atoms with Crippen LogP contribution in [0.3, 0.4) is 0 Å². The van der Waals surface area contributed by atoms with E-state index in [-0.39, 0.29) is 20.8 Å². The number of rotatable bonds is 3. The van der Waals surface area contributed by atoms with E-state index >= 15 is 0 Å². The molecule has 0 N–H and O–H groups in total. The molecule has 0 bridgehead atoms. The fourth-order valence-electron chi connectivity index (χ4n) is 1.44. The molecule has 0 saturated carbocycles. The van der Waals surface area contributed by atoms with Gasteiger partial charge in [-0.05, 0) is 15.9 Å². The van der Waals surface area contributed by atoms with Crippen LogP contribution in [0.2, 0.25) is 5.15 Å². The minimum absolute atomic E-state index is 0.179. The predicted molar refractivity (Wildman–Crippen MR) is 73.1 cm³/mol. The van der Waals surface area contributed by atoms with Crippen molar-refractivity contribution in [3.05, 3.63) is 26.4 Å². The molecule has 0 aromatic carbocycles. The highest BCUT2D eigenvalue weighted by atomic mass is 79.9. The Morgan fingerprint density at radius 2 is 2.20 bits per heavy atom. The standard InChI is InChI=1S/C9H6BrClF3N3OS2/c1-17-7(11)4(6(16-17)9(12,13)14)3-20(18)8-15-2-5(10)19-8/h2H,3H2,1H3/t20-/m1/s1. The van der Waals surface area contributed by atoms with E-state index in [0.717, 1.165) is 16.0 Å². The van der Waals surface area contributed by atoms with E-state index in [0.29, 0.717) is 3.79 Å². The average molecular weight is 409 g/mol. The van der Waals surface area contributed by atoms with E-state index in [1.54, 1.807) is 0 Å². The van der Waals surface area contributed by atoms with Crippen LogP contribution in [0.15, 0.2) is 14.3 Å². The normalized spacial score (nSPS) is 13.7. The van der Waals surface area contributed by atoms with Gasteiger partial charge in [-0.2, -0.15) is 18.3 Å². The monoisotopic (exact) mass is 407 g/mol. The minimum atomic E-state index is -4.64. The fraction of sp³-hybridized carbons (Fsp3) is 0.333. The van der Waals surface area contributed by atoms with Gasteiger partial charge in [0.05, 0.1) is 26.5 Å². The van der Waals surface area contributed by atoms with Crippen molar-refractivity contribution in [2.45, 2.75) is 16.3 Å². The SMILES string of the molecule is Cn1nc(C(F)(F)F)c(C[S@@](=O)c2ncc(Br)s2)c1Cl. The molecule has 2 aromatic rings. The molecule has 0 unspecified atom stereocenters. The predicted octanol–water partition coefficient (Wildman–Crippen LogP) is 3.62. The number of aryl methyl sites for hydroxylation is 1. The van der Waals surface area contributed by atoms with Gasteiger partial charge in [-0.25, -0.2) is 4.98 Å². The molecule has 0 aliphatic carbocycles. The third-order valence-corrected chi connectivity index (χ3v) is 5.86. The lowest BCUT2D eigenvalue weighted by molar-refractivity contribution is -0.141. The lowest BCUT2D eigenvalue weighted by atomic mass is 10.3. The third-order valence-electron chi connectivity index (χ3n) is 2.26. The molecule has 4 nitrogen and oxygen atoms in total. The second kappa shape index (κ2) is 5.74. The maximum atomic E-state index is 12.8. The van der Waals surface area contributed by atoms with E-state index in [9.17, 15) is 17.4 Å². The molecule has 0 fully saturated rings. The smallest absolute Gasteiger partial charge is 0.256 e. The molecule has 0 aliphatic rings. The highest BCUT2D eigenvalue weighted by molar-refractivity contribution is 9.11. The first-order chi connectivity index (χ1) is 9.20. The highest BCUT2D eigenvalue weighted by Gasteiger charge is 2.39. The summed E-state index contributed by atoms with van der Waals surface area (Å²) in [6.07, 6.45) is -3.21. The third kappa shape index (κ3) is 3.23. The molecule has 20 heavy (non-hydrogen) atoms. The number of alkyl halides is 3. The number of thiazole rings is 1. The van der Waals surface area contributed by atoms with E-state index in [4.69, 9.17) is 11.6 Å². The second-order valence-corrected chi connectivity index (χ2v) is 8.05. The molecule has 110 valence electrons. The summed E-state index contributed by atoms with van der Waals surface area (Å²) in [6, 6.07) is 0. The van der Waals surface area contributed by atoms with Crippen molar-refractivity contribution >= 4 is 49.7 Å². The Morgan fingerprint density at radius 3 is 2.70 bits per heavy atom. The van der Waals surface area contributed by atoms with Crippen molar-refractivity contribution in [3.8, 4) is 0 Å². The largest absolute Gasteiger partial charge is 0.435 e. The summed E-state index contributed by atoms with van der Waals surface area (Å²) in [5.41, 5.74) is -1.40. The quantitative estimate of drug-likeness (QED) is 0.779. The van der Waals surface area contributed by atoms with Crippen molar-refractivity contribution in [2.24, 2.45) is 7.05 Å². The molecule has 0 saturated heterocycles. The van der Waals surface area contributed by atoms with Crippen LogP contribution in [0.4, 0.5) is 13.2 Å². The average Bonchev–Trinajstić information content (AvgIpc) is 2.87. The van der Waals surface area contributed by atoms with Gasteiger partial charge in [0.2, 0.25) is 0 Å². The molecule has 1 atom stereocenters. The number of hydrogen-bond donors (Lipinski definition) is 0. The molecule has 11 heteroatoms. The van der Waals surface area contributed by atoms with Crippen LogP contribution in [0.25, 0.3) is 0 Å². The summed E-state index contributed by atoms with van der Waals surface area (Å²) >= 11 is 10.0. The van der Waals surface area contributed by atoms with Crippen molar-refractivity contribution in [1.29, 1.82) is 0 Å². The van der Waals surface area contributed by atoms with Gasteiger partial charge in [0.15, 0.2) is 10.0 Å². The van der Waals surface area contributed by atoms with E-state index in [2.05, 4.69) is 26.0 Å². The molecular weight excluding hydrogens is 403 g/mol. The Hall–Kier alpha value is -0.450. The Kier molecular flexibility index (Phi) is 4.57. The Balaban J connectivity index is 2.36. The Bertz CT molecular complexity index is 670. The topological polar surface area (TPSA) is 47.8 Å². The van der Waals surface area contributed by atoms with Gasteiger partial charge >= 0.3 is 6.18 Å². The molecule has 0 spiro atoms. The van der Waals surface area contributed by atoms with E-state index < -0.39 is 22.7 Å². The molecule has 2 aromatic heterocycles. The lowest BCUT2D eigenvalue weighted by Crippen LogP contribution is -2.10. The molecule has 0 aliphatic heterocycles. The van der Waals surface area contributed by atoms with Crippen LogP contribution >= 0.6 is 38.9 Å². The van der Waals surface area contributed by atoms with E-state index in [1.165, 1.54) is 13.2 Å². The van der Waals surface area contributed by atoms with Gasteiger partial charge in [0.1, 0.15) is 5.15 Å². The lowest BCUT2D eigenvalue weighted by Gasteiger charge is -2.05. The summed E-state index contributed by atoms with van der Waals surface area (Å²) in [5, 5.41) is 3.15. The van der Waals surface area contributed by atoms with Gasteiger partial charge in [0.25, 0.3) is 0 Å². The Morgan fingerprint density at radius 1 is 1.55 bits per heavy atom. The first kappa shape index (κ1) is 15.9. The fourth-order valence-corrected chi connectivity index (χ4v) is 4.62. The number of hydrogen-bond acceptors (Lipinski definition) is 4. The first-order valence-corrected chi connectivity index (χ1v) is 8.29. The summed E-state index contributed by atoms with van der Waals surface area (Å²) in [4.78, 5) is 3.86. The number of halogens is 5. The molecule has 2 rings (SSSR count). The highest BCUT2D eigenvalue weighted by Crippen LogP contribution is 2.35. The number of aromatic nitrogens is 3. The maximum absolute atomic E-state index is 12.8. The molecular formula is C9H6BrClF3N3OS2. The number of nitrogens with zero attached hydrogens (tertiary/aromatic N) is 3. The van der Waals surface area contributed by atoms with Gasteiger partial charge in [-0.15, -0.1) is 0 Å². The van der Waals surface area contributed by atoms with Crippen molar-refractivity contribution in [3.63, 3.8) is 0 Å². The van der Waals surface area contributed by atoms with Crippen LogP contribution in [-0.2, 0) is 29.8 Å². The molecule has 0 amide bonds. The van der Waals surface area contributed by atoms with Crippen LogP contribution in [-0.4, -0.2) is 19.0 Å². The summed E-state index contributed by atoms with van der Waals surface area (Å²) < 4.78 is 52.4. The summed E-state index contributed by atoms with van der Waals surface area (Å²) in [7, 11) is -0.420. The van der Waals surface area contributed by atoms with E-state index in [1.807, 2.05) is 0 Å². The van der Waals surface area contributed by atoms with Gasteiger partial charge in [-0.3, -0.25) is 8.89 Å². The zero-order chi connectivity index (χ0) is 15.1. The zero-order valence-electron chi connectivity index (χ0n) is 9.74. The molecule has 0 radical (unpaired) electrons. The first-order valence-electron chi connectivity index (χ1n) is 4.98. The van der Waals surface area contributed by atoms with Crippen LogP contribution < -0.4 is 0 Å². The Labute approximate surface area is 131 Å². The molecule has 2 heterocycles. The second-order valence-electron chi connectivity index (χ2n) is 3.66. The summed E-state index contributed by atoms with van der Waals surface area (Å²) in [6.45, 7) is 0.